The second kappa shape index (κ2) is 11.2. The number of imidazole rings is 1. The number of nitrogens with one attached hydrogen (secondary N) is 1. The van der Waals surface area contributed by atoms with Gasteiger partial charge in [0.1, 0.15) is 5.69 Å². The van der Waals surface area contributed by atoms with Crippen LogP contribution in [0.2, 0.25) is 0 Å². The Morgan fingerprint density at radius 1 is 1.16 bits per heavy atom. The lowest BCUT2D eigenvalue weighted by Crippen LogP contribution is -2.42. The molecule has 0 saturated carbocycles. The Morgan fingerprint density at radius 2 is 2.00 bits per heavy atom. The zero-order valence-electron chi connectivity index (χ0n) is 21.1. The maximum atomic E-state index is 13.6. The highest BCUT2D eigenvalue weighted by atomic mass is 19.3. The summed E-state index contributed by atoms with van der Waals surface area (Å²) in [5.74, 6) is -0.425. The molecule has 1 aliphatic rings. The number of carbonyl (C=O) groups excluding carboxylic acids is 1. The number of nitrogens with two attached hydrogens (primary N) is 1. The van der Waals surface area contributed by atoms with Crippen LogP contribution in [0.25, 0.3) is 16.8 Å². The van der Waals surface area contributed by atoms with Gasteiger partial charge in [-0.2, -0.15) is 0 Å². The van der Waals surface area contributed by atoms with E-state index in [1.165, 1.54) is 18.3 Å². The average molecular weight is 517 g/mol. The molecule has 1 atom stereocenters. The van der Waals surface area contributed by atoms with Gasteiger partial charge in [-0.25, -0.2) is 13.8 Å². The first-order valence-corrected chi connectivity index (χ1v) is 12.6. The number of aromatic nitrogens is 3. The standard InChI is InChI=1S/C29H30F2N6O/c1-19-15-37(18-34-19)24-12-20(16-36-10-4-5-22(32)17-36)11-23(14-24)35-29(38)27-13-21(8-9-33-27)25-6-2-3-7-26(25)28(30)31/h2-3,6-9,11-15,18,22,28H,4-5,10,16-17,32H2,1H3,(H,35,38)/t22-/m0/s1. The van der Waals surface area contributed by atoms with E-state index in [2.05, 4.69) is 26.3 Å². The van der Waals surface area contributed by atoms with E-state index in [-0.39, 0.29) is 17.3 Å². The molecule has 0 bridgehead atoms. The van der Waals surface area contributed by atoms with Gasteiger partial charge in [-0.15, -0.1) is 0 Å². The lowest BCUT2D eigenvalue weighted by Gasteiger charge is -2.30. The predicted molar refractivity (Wildman–Crippen MR) is 143 cm³/mol. The first-order valence-electron chi connectivity index (χ1n) is 12.6. The van der Waals surface area contributed by atoms with Crippen molar-refractivity contribution in [2.75, 3.05) is 18.4 Å². The molecule has 0 radical (unpaired) electrons. The molecule has 3 heterocycles. The van der Waals surface area contributed by atoms with E-state index >= 15 is 0 Å². The number of anilines is 1. The third kappa shape index (κ3) is 5.95. The topological polar surface area (TPSA) is 89.1 Å². The first kappa shape index (κ1) is 25.7. The number of alkyl halides is 2. The summed E-state index contributed by atoms with van der Waals surface area (Å²) >= 11 is 0. The van der Waals surface area contributed by atoms with E-state index in [0.29, 0.717) is 23.4 Å². The molecule has 0 aliphatic carbocycles. The Hall–Kier alpha value is -3.95. The van der Waals surface area contributed by atoms with Crippen LogP contribution >= 0.6 is 0 Å². The van der Waals surface area contributed by atoms with Gasteiger partial charge in [0.15, 0.2) is 0 Å². The molecular formula is C29H30F2N6O. The zero-order valence-corrected chi connectivity index (χ0v) is 21.1. The number of rotatable bonds is 7. The number of amides is 1. The van der Waals surface area contributed by atoms with Gasteiger partial charge in [-0.05, 0) is 73.3 Å². The third-order valence-corrected chi connectivity index (χ3v) is 6.69. The van der Waals surface area contributed by atoms with Crippen molar-refractivity contribution in [1.82, 2.24) is 19.4 Å². The Balaban J connectivity index is 1.43. The van der Waals surface area contributed by atoms with Crippen LogP contribution in [-0.2, 0) is 6.54 Å². The number of pyridine rings is 1. The fraction of sp³-hybridized carbons (Fsp3) is 0.276. The molecular weight excluding hydrogens is 486 g/mol. The summed E-state index contributed by atoms with van der Waals surface area (Å²) in [6, 6.07) is 15.5. The second-order valence-corrected chi connectivity index (χ2v) is 9.72. The highest BCUT2D eigenvalue weighted by Crippen LogP contribution is 2.31. The van der Waals surface area contributed by atoms with Crippen molar-refractivity contribution in [3.8, 4) is 16.8 Å². The fourth-order valence-corrected chi connectivity index (χ4v) is 4.91. The summed E-state index contributed by atoms with van der Waals surface area (Å²) in [6.45, 7) is 4.42. The zero-order chi connectivity index (χ0) is 26.6. The van der Waals surface area contributed by atoms with Crippen LogP contribution in [0.5, 0.6) is 0 Å². The van der Waals surface area contributed by atoms with Crippen molar-refractivity contribution in [1.29, 1.82) is 0 Å². The van der Waals surface area contributed by atoms with Gasteiger partial charge >= 0.3 is 0 Å². The number of benzene rings is 2. The SMILES string of the molecule is Cc1cn(-c2cc(CN3CCC[C@H](N)C3)cc(NC(=O)c3cc(-c4ccccc4C(F)F)ccn3)c2)cn1. The minimum Gasteiger partial charge on any atom is -0.327 e. The predicted octanol–water partition coefficient (Wildman–Crippen LogP) is 5.36. The van der Waals surface area contributed by atoms with Crippen LogP contribution < -0.4 is 11.1 Å². The molecule has 0 spiro atoms. The van der Waals surface area contributed by atoms with Crippen LogP contribution in [0.4, 0.5) is 14.5 Å². The lowest BCUT2D eigenvalue weighted by atomic mass is 10.00. The van der Waals surface area contributed by atoms with E-state index in [9.17, 15) is 13.6 Å². The van der Waals surface area contributed by atoms with E-state index in [0.717, 1.165) is 42.9 Å². The number of carbonyl (C=O) groups is 1. The Bertz CT molecular complexity index is 1440. The van der Waals surface area contributed by atoms with E-state index in [1.54, 1.807) is 30.6 Å². The molecule has 2 aromatic carbocycles. The number of nitrogens with zero attached hydrogens (tertiary/aromatic N) is 4. The van der Waals surface area contributed by atoms with Crippen molar-refractivity contribution in [2.45, 2.75) is 38.8 Å². The van der Waals surface area contributed by atoms with Crippen molar-refractivity contribution in [3.63, 3.8) is 0 Å². The largest absolute Gasteiger partial charge is 0.327 e. The summed E-state index contributed by atoms with van der Waals surface area (Å²) < 4.78 is 29.0. The number of piperidine rings is 1. The van der Waals surface area contributed by atoms with Crippen LogP contribution in [-0.4, -0.2) is 44.5 Å². The molecule has 1 fully saturated rings. The minimum atomic E-state index is -2.63. The average Bonchev–Trinajstić information content (AvgIpc) is 3.35. The van der Waals surface area contributed by atoms with Crippen LogP contribution in [0.15, 0.2) is 73.3 Å². The van der Waals surface area contributed by atoms with E-state index in [1.807, 2.05) is 29.8 Å². The Morgan fingerprint density at radius 3 is 2.76 bits per heavy atom. The number of hydrogen-bond acceptors (Lipinski definition) is 5. The fourth-order valence-electron chi connectivity index (χ4n) is 4.91. The van der Waals surface area contributed by atoms with Crippen LogP contribution in [0.3, 0.4) is 0 Å². The molecule has 5 rings (SSSR count). The second-order valence-electron chi connectivity index (χ2n) is 9.72. The highest BCUT2D eigenvalue weighted by Gasteiger charge is 2.19. The molecule has 1 saturated heterocycles. The van der Waals surface area contributed by atoms with Crippen molar-refractivity contribution >= 4 is 11.6 Å². The maximum Gasteiger partial charge on any atom is 0.274 e. The van der Waals surface area contributed by atoms with Gasteiger partial charge in [0, 0.05) is 48.5 Å². The molecule has 196 valence electrons. The normalized spacial score (nSPS) is 16.1. The van der Waals surface area contributed by atoms with Gasteiger partial charge in [0.25, 0.3) is 12.3 Å². The number of likely N-dealkylation sites (tertiary alicyclic amines) is 1. The molecule has 3 N–H and O–H groups in total. The number of aryl methyl sites for hydroxylation is 1. The van der Waals surface area contributed by atoms with Crippen LogP contribution in [0, 0.1) is 6.92 Å². The van der Waals surface area contributed by atoms with Crippen molar-refractivity contribution in [3.05, 3.63) is 95.8 Å². The molecule has 38 heavy (non-hydrogen) atoms. The summed E-state index contributed by atoms with van der Waals surface area (Å²) in [5.41, 5.74) is 10.5. The molecule has 4 aromatic rings. The smallest absolute Gasteiger partial charge is 0.274 e. The quantitative estimate of drug-likeness (QED) is 0.345. The van der Waals surface area contributed by atoms with E-state index < -0.39 is 12.3 Å². The highest BCUT2D eigenvalue weighted by molar-refractivity contribution is 6.03. The summed E-state index contributed by atoms with van der Waals surface area (Å²) in [6.07, 6.45) is 4.58. The monoisotopic (exact) mass is 516 g/mol. The summed E-state index contributed by atoms with van der Waals surface area (Å²) in [7, 11) is 0. The van der Waals surface area contributed by atoms with Gasteiger partial charge < -0.3 is 15.6 Å². The molecule has 7 nitrogen and oxygen atoms in total. The first-order chi connectivity index (χ1) is 18.4. The van der Waals surface area contributed by atoms with Gasteiger partial charge in [0.05, 0.1) is 12.0 Å². The van der Waals surface area contributed by atoms with Gasteiger partial charge in [-0.3, -0.25) is 14.7 Å². The van der Waals surface area contributed by atoms with Gasteiger partial charge in [0.2, 0.25) is 0 Å². The molecule has 9 heteroatoms. The molecule has 0 unspecified atom stereocenters. The summed E-state index contributed by atoms with van der Waals surface area (Å²) in [4.78, 5) is 24.1. The number of hydrogen-bond donors (Lipinski definition) is 2. The van der Waals surface area contributed by atoms with Crippen molar-refractivity contribution < 1.29 is 13.6 Å². The lowest BCUT2D eigenvalue weighted by molar-refractivity contribution is 0.102. The van der Waals surface area contributed by atoms with Gasteiger partial charge in [-0.1, -0.05) is 24.3 Å². The molecule has 1 amide bonds. The van der Waals surface area contributed by atoms with E-state index in [4.69, 9.17) is 5.73 Å². The molecule has 1 aliphatic heterocycles. The Kier molecular flexibility index (Phi) is 7.57. The maximum absolute atomic E-state index is 13.6. The summed E-state index contributed by atoms with van der Waals surface area (Å²) in [5, 5.41) is 2.95. The number of halogens is 2. The Labute approximate surface area is 220 Å². The molecule has 2 aromatic heterocycles. The third-order valence-electron chi connectivity index (χ3n) is 6.69. The van der Waals surface area contributed by atoms with Crippen molar-refractivity contribution in [2.24, 2.45) is 5.73 Å². The van der Waals surface area contributed by atoms with Crippen LogP contribution in [0.1, 0.15) is 46.6 Å². The minimum absolute atomic E-state index is 0.0875.